The van der Waals surface area contributed by atoms with E-state index < -0.39 is 0 Å². The summed E-state index contributed by atoms with van der Waals surface area (Å²) in [5.74, 6) is 0.724. The molecule has 6 heteroatoms. The number of aliphatic hydroxyl groups excluding tert-OH is 1. The number of hydrogen-bond acceptors (Lipinski definition) is 5. The molecule has 0 aromatic carbocycles. The van der Waals surface area contributed by atoms with Crippen molar-refractivity contribution in [1.29, 1.82) is 0 Å². The molecule has 0 saturated heterocycles. The maximum atomic E-state index is 9.27. The molecule has 0 saturated carbocycles. The quantitative estimate of drug-likeness (QED) is 0.879. The van der Waals surface area contributed by atoms with Gasteiger partial charge in [0.15, 0.2) is 5.65 Å². The number of nitrogens with zero attached hydrogens (tertiary/aromatic N) is 4. The van der Waals surface area contributed by atoms with Crippen molar-refractivity contribution >= 4 is 16.9 Å². The third-order valence-corrected chi connectivity index (χ3v) is 3.06. The summed E-state index contributed by atoms with van der Waals surface area (Å²) in [6, 6.07) is -0.00362. The first-order chi connectivity index (χ1) is 8.97. The van der Waals surface area contributed by atoms with Crippen molar-refractivity contribution in [3.8, 4) is 0 Å². The highest BCUT2D eigenvalue weighted by Crippen LogP contribution is 2.24. The van der Waals surface area contributed by atoms with Crippen LogP contribution in [0.3, 0.4) is 0 Å². The second-order valence-electron chi connectivity index (χ2n) is 5.62. The highest BCUT2D eigenvalue weighted by Gasteiger charge is 2.20. The lowest BCUT2D eigenvalue weighted by atomic mass is 10.1. The predicted octanol–water partition coefficient (Wildman–Crippen LogP) is 1.76. The highest BCUT2D eigenvalue weighted by atomic mass is 16.3. The Morgan fingerprint density at radius 1 is 1.37 bits per heavy atom. The van der Waals surface area contributed by atoms with Gasteiger partial charge in [0.2, 0.25) is 0 Å². The van der Waals surface area contributed by atoms with Crippen LogP contribution in [0.15, 0.2) is 12.5 Å². The van der Waals surface area contributed by atoms with Crippen LogP contribution < -0.4 is 5.32 Å². The molecule has 2 rings (SSSR count). The standard InChI is InChI=1S/C13H21N5O/c1-5-9(7-19)17-11-10-6-16-18(13(2,3)4)12(10)15-8-14-11/h6,8-9,19H,5,7H2,1-4H3,(H,14,15,17)/t9-/m0/s1. The van der Waals surface area contributed by atoms with Gasteiger partial charge in [-0.2, -0.15) is 5.10 Å². The smallest absolute Gasteiger partial charge is 0.163 e. The number of rotatable bonds is 4. The van der Waals surface area contributed by atoms with Crippen LogP contribution in [0.4, 0.5) is 5.82 Å². The van der Waals surface area contributed by atoms with E-state index in [9.17, 15) is 5.11 Å². The molecule has 0 aliphatic carbocycles. The molecule has 0 radical (unpaired) electrons. The average Bonchev–Trinajstić information content (AvgIpc) is 2.80. The van der Waals surface area contributed by atoms with E-state index in [1.165, 1.54) is 6.33 Å². The van der Waals surface area contributed by atoms with Crippen molar-refractivity contribution in [2.24, 2.45) is 0 Å². The molecule has 2 aromatic rings. The molecular formula is C13H21N5O. The Bertz CT molecular complexity index is 554. The van der Waals surface area contributed by atoms with Crippen molar-refractivity contribution in [2.75, 3.05) is 11.9 Å². The van der Waals surface area contributed by atoms with E-state index in [2.05, 4.69) is 41.2 Å². The van der Waals surface area contributed by atoms with E-state index in [1.54, 1.807) is 6.20 Å². The third kappa shape index (κ3) is 2.68. The Kier molecular flexibility index (Phi) is 3.71. The minimum absolute atomic E-state index is 0.00362. The molecule has 0 spiro atoms. The lowest BCUT2D eigenvalue weighted by Gasteiger charge is -2.20. The van der Waals surface area contributed by atoms with Gasteiger partial charge in [0.05, 0.1) is 29.8 Å². The normalized spacial score (nSPS) is 13.7. The number of aromatic nitrogens is 4. The molecule has 0 aliphatic heterocycles. The fraction of sp³-hybridized carbons (Fsp3) is 0.615. The lowest BCUT2D eigenvalue weighted by molar-refractivity contribution is 0.271. The van der Waals surface area contributed by atoms with Crippen LogP contribution in [0, 0.1) is 0 Å². The molecule has 2 heterocycles. The maximum absolute atomic E-state index is 9.27. The van der Waals surface area contributed by atoms with Gasteiger partial charge >= 0.3 is 0 Å². The van der Waals surface area contributed by atoms with Gasteiger partial charge in [-0.25, -0.2) is 14.6 Å². The van der Waals surface area contributed by atoms with E-state index in [-0.39, 0.29) is 18.2 Å². The molecule has 2 aromatic heterocycles. The molecule has 6 nitrogen and oxygen atoms in total. The summed E-state index contributed by atoms with van der Waals surface area (Å²) in [6.45, 7) is 8.34. The largest absolute Gasteiger partial charge is 0.394 e. The van der Waals surface area contributed by atoms with Crippen LogP contribution in [0.5, 0.6) is 0 Å². The number of anilines is 1. The lowest BCUT2D eigenvalue weighted by Crippen LogP contribution is -2.24. The molecule has 0 aliphatic rings. The van der Waals surface area contributed by atoms with Gasteiger partial charge in [-0.15, -0.1) is 0 Å². The van der Waals surface area contributed by atoms with Gasteiger partial charge in [0.25, 0.3) is 0 Å². The zero-order chi connectivity index (χ0) is 14.0. The second-order valence-corrected chi connectivity index (χ2v) is 5.62. The molecular weight excluding hydrogens is 242 g/mol. The van der Waals surface area contributed by atoms with Crippen LogP contribution in [0.2, 0.25) is 0 Å². The Morgan fingerprint density at radius 2 is 2.11 bits per heavy atom. The first-order valence-electron chi connectivity index (χ1n) is 6.54. The zero-order valence-electron chi connectivity index (χ0n) is 11.9. The van der Waals surface area contributed by atoms with E-state index >= 15 is 0 Å². The summed E-state index contributed by atoms with van der Waals surface area (Å²) < 4.78 is 1.88. The minimum atomic E-state index is -0.130. The van der Waals surface area contributed by atoms with Gasteiger partial charge in [0, 0.05) is 0 Å². The molecule has 104 valence electrons. The molecule has 0 fully saturated rings. The summed E-state index contributed by atoms with van der Waals surface area (Å²) >= 11 is 0. The topological polar surface area (TPSA) is 75.9 Å². The monoisotopic (exact) mass is 263 g/mol. The van der Waals surface area contributed by atoms with Crippen LogP contribution in [0.25, 0.3) is 11.0 Å². The summed E-state index contributed by atoms with van der Waals surface area (Å²) in [5.41, 5.74) is 0.673. The van der Waals surface area contributed by atoms with E-state index in [4.69, 9.17) is 0 Å². The van der Waals surface area contributed by atoms with E-state index in [0.29, 0.717) is 0 Å². The average molecular weight is 263 g/mol. The summed E-state index contributed by atoms with van der Waals surface area (Å²) in [6.07, 6.45) is 4.13. The van der Waals surface area contributed by atoms with Gasteiger partial charge in [-0.3, -0.25) is 0 Å². The fourth-order valence-electron chi connectivity index (χ4n) is 1.92. The molecule has 0 bridgehead atoms. The Morgan fingerprint density at radius 3 is 2.68 bits per heavy atom. The van der Waals surface area contributed by atoms with Gasteiger partial charge in [0.1, 0.15) is 12.1 Å². The van der Waals surface area contributed by atoms with E-state index in [0.717, 1.165) is 23.3 Å². The SMILES string of the molecule is CC[C@@H](CO)Nc1ncnc2c1cnn2C(C)(C)C. The maximum Gasteiger partial charge on any atom is 0.163 e. The van der Waals surface area contributed by atoms with Crippen molar-refractivity contribution < 1.29 is 5.11 Å². The Labute approximate surface area is 112 Å². The van der Waals surface area contributed by atoms with Gasteiger partial charge < -0.3 is 10.4 Å². The summed E-state index contributed by atoms with van der Waals surface area (Å²) in [4.78, 5) is 8.57. The Hall–Kier alpha value is -1.69. The summed E-state index contributed by atoms with van der Waals surface area (Å²) in [7, 11) is 0. The van der Waals surface area contributed by atoms with Crippen LogP contribution in [0.1, 0.15) is 34.1 Å². The molecule has 2 N–H and O–H groups in total. The second kappa shape index (κ2) is 5.13. The first-order valence-corrected chi connectivity index (χ1v) is 6.54. The Balaban J connectivity index is 2.45. The number of fused-ring (bicyclic) bond motifs is 1. The molecule has 1 atom stereocenters. The van der Waals surface area contributed by atoms with Crippen LogP contribution in [-0.2, 0) is 5.54 Å². The van der Waals surface area contributed by atoms with Gasteiger partial charge in [-0.05, 0) is 27.2 Å². The molecule has 0 unspecified atom stereocenters. The predicted molar refractivity (Wildman–Crippen MR) is 75.1 cm³/mol. The first kappa shape index (κ1) is 13.7. The zero-order valence-corrected chi connectivity index (χ0v) is 11.9. The summed E-state index contributed by atoms with van der Waals surface area (Å²) in [5, 5.41) is 17.8. The number of hydrogen-bond donors (Lipinski definition) is 2. The molecule has 19 heavy (non-hydrogen) atoms. The minimum Gasteiger partial charge on any atom is -0.394 e. The van der Waals surface area contributed by atoms with Crippen molar-refractivity contribution in [1.82, 2.24) is 19.7 Å². The third-order valence-electron chi connectivity index (χ3n) is 3.06. The van der Waals surface area contributed by atoms with Crippen molar-refractivity contribution in [3.05, 3.63) is 12.5 Å². The van der Waals surface area contributed by atoms with Crippen LogP contribution >= 0.6 is 0 Å². The fourth-order valence-corrected chi connectivity index (χ4v) is 1.92. The van der Waals surface area contributed by atoms with Gasteiger partial charge in [-0.1, -0.05) is 6.92 Å². The van der Waals surface area contributed by atoms with Crippen LogP contribution in [-0.4, -0.2) is 37.5 Å². The van der Waals surface area contributed by atoms with E-state index in [1.807, 2.05) is 11.6 Å². The number of aliphatic hydroxyl groups is 1. The van der Waals surface area contributed by atoms with Crippen molar-refractivity contribution in [2.45, 2.75) is 45.7 Å². The van der Waals surface area contributed by atoms with Crippen molar-refractivity contribution in [3.63, 3.8) is 0 Å². The number of nitrogens with one attached hydrogen (secondary N) is 1. The molecule has 0 amide bonds. The highest BCUT2D eigenvalue weighted by molar-refractivity contribution is 5.86.